The van der Waals surface area contributed by atoms with E-state index in [9.17, 15) is 0 Å². The zero-order valence-corrected chi connectivity index (χ0v) is 10.6. The van der Waals surface area contributed by atoms with Crippen molar-refractivity contribution in [1.29, 1.82) is 0 Å². The van der Waals surface area contributed by atoms with E-state index in [-0.39, 0.29) is 0 Å². The van der Waals surface area contributed by atoms with Gasteiger partial charge in [0.15, 0.2) is 0 Å². The third-order valence-corrected chi connectivity index (χ3v) is 2.92. The minimum atomic E-state index is 0.353. The maximum Gasteiger partial charge on any atom is 0.0688 e. The van der Waals surface area contributed by atoms with E-state index in [0.29, 0.717) is 12.6 Å². The van der Waals surface area contributed by atoms with E-state index in [1.165, 1.54) is 11.1 Å². The summed E-state index contributed by atoms with van der Waals surface area (Å²) < 4.78 is 2.04. The van der Waals surface area contributed by atoms with Crippen LogP contribution in [-0.2, 0) is 6.54 Å². The third kappa shape index (κ3) is 2.24. The van der Waals surface area contributed by atoms with Gasteiger partial charge >= 0.3 is 0 Å². The highest BCUT2D eigenvalue weighted by molar-refractivity contribution is 5.65. The molecule has 0 atom stereocenters. The van der Waals surface area contributed by atoms with E-state index in [4.69, 9.17) is 5.73 Å². The van der Waals surface area contributed by atoms with Crippen molar-refractivity contribution in [2.24, 2.45) is 5.73 Å². The minimum Gasteiger partial charge on any atom is -0.326 e. The maximum atomic E-state index is 5.80. The average Bonchev–Trinajstić information content (AvgIpc) is 2.77. The molecule has 0 bridgehead atoms. The molecule has 1 aromatic heterocycles. The Balaban J connectivity index is 2.59. The Bertz CT molecular complexity index is 512. The molecule has 0 spiro atoms. The summed E-state index contributed by atoms with van der Waals surface area (Å²) in [6, 6.07) is 8.78. The molecule has 2 N–H and O–H groups in total. The van der Waals surface area contributed by atoms with Crippen molar-refractivity contribution in [2.75, 3.05) is 0 Å². The first-order valence-electron chi connectivity index (χ1n) is 5.97. The number of benzene rings is 1. The van der Waals surface area contributed by atoms with E-state index < -0.39 is 0 Å². The number of nitrogens with two attached hydrogens (primary N) is 1. The lowest BCUT2D eigenvalue weighted by Crippen LogP contribution is -2.07. The predicted molar refractivity (Wildman–Crippen MR) is 70.7 cm³/mol. The van der Waals surface area contributed by atoms with Crippen molar-refractivity contribution < 1.29 is 0 Å². The van der Waals surface area contributed by atoms with E-state index in [2.05, 4.69) is 44.1 Å². The van der Waals surface area contributed by atoms with Crippen molar-refractivity contribution in [3.63, 3.8) is 0 Å². The van der Waals surface area contributed by atoms with E-state index in [1.54, 1.807) is 0 Å². The van der Waals surface area contributed by atoms with Crippen LogP contribution in [0, 0.1) is 6.92 Å². The summed E-state index contributed by atoms with van der Waals surface area (Å²) in [5, 5.41) is 4.37. The first kappa shape index (κ1) is 11.9. The Labute approximate surface area is 102 Å². The predicted octanol–water partition coefficient (Wildman–Crippen LogP) is 2.90. The first-order valence-corrected chi connectivity index (χ1v) is 5.97. The van der Waals surface area contributed by atoms with Crippen LogP contribution in [0.15, 0.2) is 30.5 Å². The van der Waals surface area contributed by atoms with Crippen LogP contribution < -0.4 is 5.73 Å². The van der Waals surface area contributed by atoms with Crippen LogP contribution in [0.25, 0.3) is 11.3 Å². The molecule has 1 heterocycles. The Morgan fingerprint density at radius 1 is 1.29 bits per heavy atom. The molecule has 0 amide bonds. The molecule has 2 rings (SSSR count). The molecular weight excluding hydrogens is 210 g/mol. The second-order valence-corrected chi connectivity index (χ2v) is 4.62. The van der Waals surface area contributed by atoms with Gasteiger partial charge in [-0.1, -0.05) is 17.7 Å². The van der Waals surface area contributed by atoms with Gasteiger partial charge in [-0.05, 0) is 38.5 Å². The normalized spacial score (nSPS) is 11.1. The lowest BCUT2D eigenvalue weighted by atomic mass is 10.0. The van der Waals surface area contributed by atoms with Gasteiger partial charge < -0.3 is 5.73 Å². The molecule has 0 aliphatic rings. The minimum absolute atomic E-state index is 0.353. The summed E-state index contributed by atoms with van der Waals surface area (Å²) >= 11 is 0. The molecule has 90 valence electrons. The number of aryl methyl sites for hydroxylation is 1. The lowest BCUT2D eigenvalue weighted by molar-refractivity contribution is 0.538. The Kier molecular flexibility index (Phi) is 3.29. The molecule has 0 radical (unpaired) electrons. The maximum absolute atomic E-state index is 5.80. The van der Waals surface area contributed by atoms with Gasteiger partial charge in [-0.25, -0.2) is 0 Å². The Hall–Kier alpha value is -1.61. The first-order chi connectivity index (χ1) is 8.13. The second-order valence-electron chi connectivity index (χ2n) is 4.62. The van der Waals surface area contributed by atoms with Crippen molar-refractivity contribution >= 4 is 0 Å². The molecule has 0 aliphatic heterocycles. The summed E-state index contributed by atoms with van der Waals surface area (Å²) in [5.41, 5.74) is 10.5. The van der Waals surface area contributed by atoms with Crippen LogP contribution in [0.4, 0.5) is 0 Å². The fourth-order valence-electron chi connectivity index (χ4n) is 2.05. The van der Waals surface area contributed by atoms with Crippen LogP contribution in [0.1, 0.15) is 31.0 Å². The molecule has 2 aromatic rings. The molecule has 0 saturated carbocycles. The van der Waals surface area contributed by atoms with Gasteiger partial charge in [-0.2, -0.15) is 5.10 Å². The van der Waals surface area contributed by atoms with Crippen molar-refractivity contribution in [3.05, 3.63) is 41.6 Å². The smallest absolute Gasteiger partial charge is 0.0688 e. The van der Waals surface area contributed by atoms with Gasteiger partial charge in [0, 0.05) is 24.3 Å². The van der Waals surface area contributed by atoms with Gasteiger partial charge in [-0.15, -0.1) is 0 Å². The number of aromatic nitrogens is 2. The highest BCUT2D eigenvalue weighted by Gasteiger charge is 2.11. The second kappa shape index (κ2) is 4.72. The largest absolute Gasteiger partial charge is 0.326 e. The van der Waals surface area contributed by atoms with E-state index in [1.807, 2.05) is 16.9 Å². The van der Waals surface area contributed by atoms with E-state index >= 15 is 0 Å². The fraction of sp³-hybridized carbons (Fsp3) is 0.357. The van der Waals surface area contributed by atoms with Crippen LogP contribution in [-0.4, -0.2) is 9.78 Å². The Morgan fingerprint density at radius 3 is 2.71 bits per heavy atom. The van der Waals surface area contributed by atoms with Gasteiger partial charge in [-0.3, -0.25) is 4.68 Å². The highest BCUT2D eigenvalue weighted by Crippen LogP contribution is 2.26. The summed E-state index contributed by atoms with van der Waals surface area (Å²) in [6.07, 6.45) is 1.85. The summed E-state index contributed by atoms with van der Waals surface area (Å²) in [4.78, 5) is 0. The van der Waals surface area contributed by atoms with Crippen molar-refractivity contribution in [3.8, 4) is 11.3 Å². The van der Waals surface area contributed by atoms with Crippen molar-refractivity contribution in [2.45, 2.75) is 33.4 Å². The van der Waals surface area contributed by atoms with Gasteiger partial charge in [0.25, 0.3) is 0 Å². The number of rotatable bonds is 3. The molecule has 0 saturated heterocycles. The topological polar surface area (TPSA) is 43.8 Å². The number of hydrogen-bond acceptors (Lipinski definition) is 2. The molecule has 3 nitrogen and oxygen atoms in total. The molecule has 3 heteroatoms. The average molecular weight is 229 g/mol. The zero-order chi connectivity index (χ0) is 12.4. The van der Waals surface area contributed by atoms with Gasteiger partial charge in [0.05, 0.1) is 5.69 Å². The standard InChI is InChI=1S/C14H19N3/c1-10(2)17-14(6-7-16-17)13-8-11(3)4-5-12(13)9-15/h4-8,10H,9,15H2,1-3H3. The van der Waals surface area contributed by atoms with Gasteiger partial charge in [0.2, 0.25) is 0 Å². The van der Waals surface area contributed by atoms with E-state index in [0.717, 1.165) is 11.3 Å². The molecule has 17 heavy (non-hydrogen) atoms. The third-order valence-electron chi connectivity index (χ3n) is 2.92. The summed E-state index contributed by atoms with van der Waals surface area (Å²) in [7, 11) is 0. The zero-order valence-electron chi connectivity index (χ0n) is 10.6. The van der Waals surface area contributed by atoms with Gasteiger partial charge in [0.1, 0.15) is 0 Å². The quantitative estimate of drug-likeness (QED) is 0.879. The molecule has 0 unspecified atom stereocenters. The van der Waals surface area contributed by atoms with Crippen LogP contribution in [0.3, 0.4) is 0 Å². The molecule has 0 fully saturated rings. The van der Waals surface area contributed by atoms with Crippen LogP contribution >= 0.6 is 0 Å². The number of nitrogens with zero attached hydrogens (tertiary/aromatic N) is 2. The molecule has 1 aromatic carbocycles. The fourth-order valence-corrected chi connectivity index (χ4v) is 2.05. The SMILES string of the molecule is Cc1ccc(CN)c(-c2ccnn2C(C)C)c1. The van der Waals surface area contributed by atoms with Crippen LogP contribution in [0.2, 0.25) is 0 Å². The monoisotopic (exact) mass is 229 g/mol. The molecule has 0 aliphatic carbocycles. The van der Waals surface area contributed by atoms with Crippen molar-refractivity contribution in [1.82, 2.24) is 9.78 Å². The Morgan fingerprint density at radius 2 is 2.06 bits per heavy atom. The summed E-state index contributed by atoms with van der Waals surface area (Å²) in [6.45, 7) is 6.92. The lowest BCUT2D eigenvalue weighted by Gasteiger charge is -2.14. The molecular formula is C14H19N3. The highest BCUT2D eigenvalue weighted by atomic mass is 15.3. The summed E-state index contributed by atoms with van der Waals surface area (Å²) in [5.74, 6) is 0. The van der Waals surface area contributed by atoms with Crippen LogP contribution in [0.5, 0.6) is 0 Å². The number of hydrogen-bond donors (Lipinski definition) is 1.